The highest BCUT2D eigenvalue weighted by Crippen LogP contribution is 2.41. The van der Waals surface area contributed by atoms with E-state index in [1.54, 1.807) is 0 Å². The number of ether oxygens (including phenoxy) is 1. The number of rotatable bonds is 2. The van der Waals surface area contributed by atoms with E-state index >= 15 is 0 Å². The summed E-state index contributed by atoms with van der Waals surface area (Å²) in [6.45, 7) is 3.05. The molecule has 19 heavy (non-hydrogen) atoms. The van der Waals surface area contributed by atoms with E-state index < -0.39 is 0 Å². The molecule has 1 aromatic rings. The van der Waals surface area contributed by atoms with Crippen molar-refractivity contribution in [2.75, 3.05) is 24.3 Å². The summed E-state index contributed by atoms with van der Waals surface area (Å²) in [4.78, 5) is 14.2. The van der Waals surface area contributed by atoms with Gasteiger partial charge in [0.05, 0.1) is 12.7 Å². The van der Waals surface area contributed by atoms with Crippen LogP contribution in [-0.2, 0) is 4.74 Å². The summed E-state index contributed by atoms with van der Waals surface area (Å²) in [5.41, 5.74) is 9.05. The Labute approximate surface area is 113 Å². The van der Waals surface area contributed by atoms with Gasteiger partial charge >= 0.3 is 5.97 Å². The molecule has 1 aliphatic carbocycles. The van der Waals surface area contributed by atoms with Crippen molar-refractivity contribution < 1.29 is 9.53 Å². The lowest BCUT2D eigenvalue weighted by Gasteiger charge is -2.30. The summed E-state index contributed by atoms with van der Waals surface area (Å²) in [7, 11) is 1.39. The van der Waals surface area contributed by atoms with Crippen LogP contribution in [0.1, 0.15) is 35.2 Å². The molecular weight excluding hydrogens is 240 g/mol. The first-order chi connectivity index (χ1) is 9.10. The second kappa shape index (κ2) is 4.44. The zero-order chi connectivity index (χ0) is 13.6. The number of carbonyl (C=O) groups is 1. The van der Waals surface area contributed by atoms with Gasteiger partial charge < -0.3 is 15.4 Å². The molecule has 1 heterocycles. The molecular formula is C15H20N2O2. The summed E-state index contributed by atoms with van der Waals surface area (Å²) < 4.78 is 4.81. The lowest BCUT2D eigenvalue weighted by Crippen LogP contribution is -2.32. The van der Waals surface area contributed by atoms with Crippen LogP contribution in [0.15, 0.2) is 12.1 Å². The van der Waals surface area contributed by atoms with Gasteiger partial charge in [-0.15, -0.1) is 0 Å². The Morgan fingerprint density at radius 3 is 2.79 bits per heavy atom. The quantitative estimate of drug-likeness (QED) is 0.655. The molecule has 1 aromatic carbocycles. The summed E-state index contributed by atoms with van der Waals surface area (Å²) in [5, 5.41) is 0. The molecule has 0 amide bonds. The number of benzene rings is 1. The van der Waals surface area contributed by atoms with Crippen LogP contribution in [0.5, 0.6) is 0 Å². The van der Waals surface area contributed by atoms with Gasteiger partial charge in [-0.1, -0.05) is 0 Å². The number of nitrogens with two attached hydrogens (primary N) is 1. The van der Waals surface area contributed by atoms with Crippen molar-refractivity contribution in [3.63, 3.8) is 0 Å². The van der Waals surface area contributed by atoms with Crippen LogP contribution in [0.25, 0.3) is 0 Å². The number of carbonyl (C=O) groups excluding carboxylic acids is 1. The van der Waals surface area contributed by atoms with E-state index in [2.05, 4.69) is 11.0 Å². The van der Waals surface area contributed by atoms with Crippen LogP contribution in [0.2, 0.25) is 0 Å². The minimum atomic E-state index is -0.355. The molecule has 4 heteroatoms. The third-order valence-electron chi connectivity index (χ3n) is 4.52. The lowest BCUT2D eigenvalue weighted by molar-refractivity contribution is 0.0602. The zero-order valence-electron chi connectivity index (χ0n) is 11.5. The number of esters is 1. The van der Waals surface area contributed by atoms with Crippen LogP contribution in [0.3, 0.4) is 0 Å². The van der Waals surface area contributed by atoms with Gasteiger partial charge in [-0.25, -0.2) is 4.79 Å². The van der Waals surface area contributed by atoms with Gasteiger partial charge in [0, 0.05) is 24.0 Å². The van der Waals surface area contributed by atoms with Crippen molar-refractivity contribution in [2.45, 2.75) is 32.2 Å². The molecule has 2 fully saturated rings. The monoisotopic (exact) mass is 260 g/mol. The maximum absolute atomic E-state index is 11.8. The number of nitrogens with zero attached hydrogens (tertiary/aromatic N) is 1. The highest BCUT2D eigenvalue weighted by atomic mass is 16.5. The second-order valence-corrected chi connectivity index (χ2v) is 5.70. The summed E-state index contributed by atoms with van der Waals surface area (Å²) in [5.74, 6) is 0.469. The van der Waals surface area contributed by atoms with Crippen molar-refractivity contribution in [1.29, 1.82) is 0 Å². The van der Waals surface area contributed by atoms with Gasteiger partial charge in [-0.2, -0.15) is 0 Å². The van der Waals surface area contributed by atoms with Gasteiger partial charge in [0.2, 0.25) is 0 Å². The topological polar surface area (TPSA) is 55.6 Å². The molecule has 1 aliphatic heterocycles. The normalized spacial score (nSPS) is 24.8. The molecule has 2 N–H and O–H groups in total. The molecule has 0 radical (unpaired) electrons. The van der Waals surface area contributed by atoms with E-state index in [4.69, 9.17) is 10.5 Å². The first-order valence-corrected chi connectivity index (χ1v) is 6.85. The van der Waals surface area contributed by atoms with Gasteiger partial charge in [0.25, 0.3) is 0 Å². The molecule has 2 bridgehead atoms. The number of methoxy groups -OCH3 is 1. The average molecular weight is 260 g/mol. The van der Waals surface area contributed by atoms with Crippen LogP contribution in [-0.4, -0.2) is 25.7 Å². The molecule has 2 aliphatic rings. The number of nitrogen functional groups attached to an aromatic ring is 1. The van der Waals surface area contributed by atoms with Gasteiger partial charge in [0.1, 0.15) is 0 Å². The maximum Gasteiger partial charge on any atom is 0.340 e. The second-order valence-electron chi connectivity index (χ2n) is 5.70. The molecule has 102 valence electrons. The number of hydrogen-bond acceptors (Lipinski definition) is 4. The minimum Gasteiger partial charge on any atom is -0.465 e. The highest BCUT2D eigenvalue weighted by Gasteiger charge is 2.38. The van der Waals surface area contributed by atoms with Crippen molar-refractivity contribution in [3.8, 4) is 0 Å². The summed E-state index contributed by atoms with van der Waals surface area (Å²) >= 11 is 0. The molecule has 1 saturated carbocycles. The van der Waals surface area contributed by atoms with Crippen LogP contribution >= 0.6 is 0 Å². The van der Waals surface area contributed by atoms with Gasteiger partial charge in [-0.3, -0.25) is 0 Å². The minimum absolute atomic E-state index is 0.355. The summed E-state index contributed by atoms with van der Waals surface area (Å²) in [6.07, 6.45) is 3.90. The maximum atomic E-state index is 11.8. The lowest BCUT2D eigenvalue weighted by atomic mass is 10.0. The van der Waals surface area contributed by atoms with E-state index in [-0.39, 0.29) is 5.97 Å². The third kappa shape index (κ3) is 1.95. The number of anilines is 2. The first-order valence-electron chi connectivity index (χ1n) is 6.85. The van der Waals surface area contributed by atoms with Crippen molar-refractivity contribution in [2.24, 2.45) is 5.92 Å². The van der Waals surface area contributed by atoms with E-state index in [9.17, 15) is 4.79 Å². The summed E-state index contributed by atoms with van der Waals surface area (Å²) in [6, 6.07) is 4.61. The Morgan fingerprint density at radius 2 is 2.21 bits per heavy atom. The fourth-order valence-corrected chi connectivity index (χ4v) is 3.46. The van der Waals surface area contributed by atoms with E-state index in [1.807, 2.05) is 13.0 Å². The molecule has 1 saturated heterocycles. The Hall–Kier alpha value is -1.71. The Kier molecular flexibility index (Phi) is 2.88. The molecule has 2 atom stereocenters. The molecule has 2 unspecified atom stereocenters. The first kappa shape index (κ1) is 12.3. The Morgan fingerprint density at radius 1 is 1.42 bits per heavy atom. The predicted octanol–water partition coefficient (Wildman–Crippen LogP) is 2.35. The van der Waals surface area contributed by atoms with E-state index in [0.29, 0.717) is 17.3 Å². The standard InChI is InChI=1S/C15H20N2O2/c1-9-5-12(7-13(14(9)16)15(18)19-2)17-8-10-3-4-11(17)6-10/h5,7,10-11H,3-4,6,8,16H2,1-2H3. The van der Waals surface area contributed by atoms with Crippen LogP contribution < -0.4 is 10.6 Å². The third-order valence-corrected chi connectivity index (χ3v) is 4.52. The van der Waals surface area contributed by atoms with Crippen LogP contribution in [0.4, 0.5) is 11.4 Å². The number of piperidine rings is 1. The smallest absolute Gasteiger partial charge is 0.340 e. The number of hydrogen-bond donors (Lipinski definition) is 1. The molecule has 3 rings (SSSR count). The SMILES string of the molecule is COC(=O)c1cc(N2CC3CCC2C3)cc(C)c1N. The van der Waals surface area contributed by atoms with E-state index in [1.165, 1.54) is 26.4 Å². The highest BCUT2D eigenvalue weighted by molar-refractivity contribution is 5.97. The molecule has 4 nitrogen and oxygen atoms in total. The van der Waals surface area contributed by atoms with Crippen molar-refractivity contribution >= 4 is 17.3 Å². The molecule has 0 aromatic heterocycles. The fourth-order valence-electron chi connectivity index (χ4n) is 3.46. The van der Waals surface area contributed by atoms with Gasteiger partial charge in [-0.05, 0) is 49.8 Å². The van der Waals surface area contributed by atoms with Crippen LogP contribution in [0, 0.1) is 12.8 Å². The average Bonchev–Trinajstić information content (AvgIpc) is 3.03. The Balaban J connectivity index is 1.98. The number of aryl methyl sites for hydroxylation is 1. The largest absolute Gasteiger partial charge is 0.465 e. The zero-order valence-corrected chi connectivity index (χ0v) is 11.5. The van der Waals surface area contributed by atoms with Crippen molar-refractivity contribution in [1.82, 2.24) is 0 Å². The molecule has 0 spiro atoms. The van der Waals surface area contributed by atoms with E-state index in [0.717, 1.165) is 23.7 Å². The Bertz CT molecular complexity index is 527. The van der Waals surface area contributed by atoms with Crippen molar-refractivity contribution in [3.05, 3.63) is 23.3 Å². The number of fused-ring (bicyclic) bond motifs is 2. The predicted molar refractivity (Wildman–Crippen MR) is 75.4 cm³/mol. The fraction of sp³-hybridized carbons (Fsp3) is 0.533. The van der Waals surface area contributed by atoms with Gasteiger partial charge in [0.15, 0.2) is 0 Å².